The number of methoxy groups -OCH3 is 1. The van der Waals surface area contributed by atoms with Crippen LogP contribution < -0.4 is 9.64 Å². The van der Waals surface area contributed by atoms with Crippen LogP contribution in [0.3, 0.4) is 0 Å². The van der Waals surface area contributed by atoms with Crippen molar-refractivity contribution < 1.29 is 9.84 Å². The molecule has 0 aliphatic carbocycles. The lowest BCUT2D eigenvalue weighted by Gasteiger charge is -2.21. The molecular formula is C24H21N5O2. The zero-order valence-electron chi connectivity index (χ0n) is 17.2. The van der Waals surface area contributed by atoms with E-state index in [1.807, 2.05) is 64.9 Å². The van der Waals surface area contributed by atoms with Crippen LogP contribution in [-0.2, 0) is 6.61 Å². The van der Waals surface area contributed by atoms with E-state index in [4.69, 9.17) is 9.72 Å². The van der Waals surface area contributed by atoms with Crippen LogP contribution in [-0.4, -0.2) is 38.8 Å². The van der Waals surface area contributed by atoms with Gasteiger partial charge >= 0.3 is 0 Å². The number of anilines is 2. The summed E-state index contributed by atoms with van der Waals surface area (Å²) < 4.78 is 7.10. The van der Waals surface area contributed by atoms with Gasteiger partial charge in [0.1, 0.15) is 17.9 Å². The van der Waals surface area contributed by atoms with Gasteiger partial charge in [0.15, 0.2) is 0 Å². The standard InChI is InChI=1S/C24H21N5O2/c1-28(19-5-3-4-18(13-19)17-7-9-20(31-2)10-8-17)23-21-11-6-16(14-30)12-22(21)29-15-25-27-24(29)26-23/h3-13,15,30H,14H2,1-2H3. The first-order chi connectivity index (χ1) is 15.2. The minimum Gasteiger partial charge on any atom is -0.497 e. The van der Waals surface area contributed by atoms with Gasteiger partial charge in [0.2, 0.25) is 0 Å². The second-order valence-corrected chi connectivity index (χ2v) is 7.28. The van der Waals surface area contributed by atoms with Gasteiger partial charge in [-0.3, -0.25) is 4.40 Å². The average Bonchev–Trinajstić information content (AvgIpc) is 3.32. The van der Waals surface area contributed by atoms with E-state index in [1.165, 1.54) is 0 Å². The van der Waals surface area contributed by atoms with Crippen molar-refractivity contribution in [3.63, 3.8) is 0 Å². The van der Waals surface area contributed by atoms with Crippen LogP contribution in [0.15, 0.2) is 73.1 Å². The Morgan fingerprint density at radius 3 is 2.61 bits per heavy atom. The fourth-order valence-electron chi connectivity index (χ4n) is 3.75. The highest BCUT2D eigenvalue weighted by atomic mass is 16.5. The third-order valence-corrected chi connectivity index (χ3v) is 5.46. The summed E-state index contributed by atoms with van der Waals surface area (Å²) in [5, 5.41) is 18.7. The summed E-state index contributed by atoms with van der Waals surface area (Å²) >= 11 is 0. The van der Waals surface area contributed by atoms with E-state index < -0.39 is 0 Å². The molecule has 1 N–H and O–H groups in total. The highest BCUT2D eigenvalue weighted by Crippen LogP contribution is 2.33. The number of benzene rings is 3. The van der Waals surface area contributed by atoms with Crippen molar-refractivity contribution in [3.05, 3.63) is 78.6 Å². The van der Waals surface area contributed by atoms with Crippen molar-refractivity contribution in [2.45, 2.75) is 6.61 Å². The molecule has 2 aromatic heterocycles. The highest BCUT2D eigenvalue weighted by molar-refractivity contribution is 5.94. The second kappa shape index (κ2) is 7.70. The van der Waals surface area contributed by atoms with Gasteiger partial charge in [0.25, 0.3) is 5.78 Å². The predicted molar refractivity (Wildman–Crippen MR) is 121 cm³/mol. The Labute approximate surface area is 179 Å². The predicted octanol–water partition coefficient (Wildman–Crippen LogP) is 4.21. The average molecular weight is 411 g/mol. The molecule has 3 aromatic carbocycles. The number of fused-ring (bicyclic) bond motifs is 3. The van der Waals surface area contributed by atoms with Gasteiger partial charge in [0, 0.05) is 18.1 Å². The molecule has 0 radical (unpaired) electrons. The number of aromatic nitrogens is 4. The largest absolute Gasteiger partial charge is 0.497 e. The Bertz CT molecular complexity index is 1380. The molecule has 0 atom stereocenters. The summed E-state index contributed by atoms with van der Waals surface area (Å²) in [6, 6.07) is 22.1. The van der Waals surface area contributed by atoms with Gasteiger partial charge in [-0.25, -0.2) is 0 Å². The van der Waals surface area contributed by atoms with Gasteiger partial charge in [-0.15, -0.1) is 10.2 Å². The minimum absolute atomic E-state index is 0.0308. The van der Waals surface area contributed by atoms with E-state index in [0.717, 1.165) is 44.8 Å². The van der Waals surface area contributed by atoms with Crippen molar-refractivity contribution in [2.75, 3.05) is 19.1 Å². The molecule has 0 amide bonds. The summed E-state index contributed by atoms with van der Waals surface area (Å²) in [4.78, 5) is 6.80. The molecule has 5 aromatic rings. The van der Waals surface area contributed by atoms with Crippen LogP contribution in [0.5, 0.6) is 5.75 Å². The second-order valence-electron chi connectivity index (χ2n) is 7.28. The van der Waals surface area contributed by atoms with Crippen LogP contribution in [0.2, 0.25) is 0 Å². The van der Waals surface area contributed by atoms with Crippen LogP contribution in [0, 0.1) is 0 Å². The van der Waals surface area contributed by atoms with Crippen LogP contribution in [0.1, 0.15) is 5.56 Å². The van der Waals surface area contributed by atoms with Crippen molar-refractivity contribution in [2.24, 2.45) is 0 Å². The Morgan fingerprint density at radius 1 is 1.00 bits per heavy atom. The maximum absolute atomic E-state index is 9.57. The van der Waals surface area contributed by atoms with Gasteiger partial charge in [-0.1, -0.05) is 30.3 Å². The minimum atomic E-state index is -0.0308. The number of aliphatic hydroxyl groups is 1. The molecule has 5 rings (SSSR count). The molecule has 0 saturated heterocycles. The summed E-state index contributed by atoms with van der Waals surface area (Å²) in [6.45, 7) is -0.0308. The van der Waals surface area contributed by atoms with E-state index in [9.17, 15) is 5.11 Å². The molecule has 0 saturated carbocycles. The Hall–Kier alpha value is -3.97. The summed E-state index contributed by atoms with van der Waals surface area (Å²) in [7, 11) is 3.65. The molecule has 0 spiro atoms. The zero-order chi connectivity index (χ0) is 21.4. The molecule has 0 aliphatic rings. The van der Waals surface area contributed by atoms with Gasteiger partial charge in [-0.05, 0) is 53.1 Å². The number of hydrogen-bond acceptors (Lipinski definition) is 6. The van der Waals surface area contributed by atoms with E-state index >= 15 is 0 Å². The van der Waals surface area contributed by atoms with Gasteiger partial charge in [-0.2, -0.15) is 4.98 Å². The Balaban J connectivity index is 1.62. The smallest absolute Gasteiger partial charge is 0.257 e. The van der Waals surface area contributed by atoms with Crippen molar-refractivity contribution >= 4 is 28.2 Å². The van der Waals surface area contributed by atoms with E-state index in [-0.39, 0.29) is 6.61 Å². The molecule has 0 bridgehead atoms. The molecule has 0 aliphatic heterocycles. The molecule has 7 nitrogen and oxygen atoms in total. The van der Waals surface area contributed by atoms with Crippen molar-refractivity contribution in [1.29, 1.82) is 0 Å². The van der Waals surface area contributed by atoms with Crippen LogP contribution in [0.25, 0.3) is 27.8 Å². The number of rotatable bonds is 5. The SMILES string of the molecule is COc1ccc(-c2cccc(N(C)c3nc4nncn4c4cc(CO)ccc34)c2)cc1. The highest BCUT2D eigenvalue weighted by Gasteiger charge is 2.15. The van der Waals surface area contributed by atoms with E-state index in [1.54, 1.807) is 13.4 Å². The molecule has 2 heterocycles. The van der Waals surface area contributed by atoms with E-state index in [0.29, 0.717) is 5.78 Å². The summed E-state index contributed by atoms with van der Waals surface area (Å²) in [6.07, 6.45) is 1.64. The molecule has 7 heteroatoms. The quantitative estimate of drug-likeness (QED) is 0.467. The first-order valence-electron chi connectivity index (χ1n) is 9.89. The fourth-order valence-corrected chi connectivity index (χ4v) is 3.75. The number of ether oxygens (including phenoxy) is 1. The Morgan fingerprint density at radius 2 is 1.84 bits per heavy atom. The first-order valence-corrected chi connectivity index (χ1v) is 9.89. The summed E-state index contributed by atoms with van der Waals surface area (Å²) in [5.74, 6) is 2.11. The lowest BCUT2D eigenvalue weighted by atomic mass is 10.0. The van der Waals surface area contributed by atoms with Crippen molar-refractivity contribution in [1.82, 2.24) is 19.6 Å². The fraction of sp³-hybridized carbons (Fsp3) is 0.125. The number of aliphatic hydroxyl groups excluding tert-OH is 1. The molecule has 31 heavy (non-hydrogen) atoms. The third kappa shape index (κ3) is 3.35. The lowest BCUT2D eigenvalue weighted by Crippen LogP contribution is -2.13. The van der Waals surface area contributed by atoms with Gasteiger partial charge < -0.3 is 14.7 Å². The monoisotopic (exact) mass is 411 g/mol. The molecule has 154 valence electrons. The maximum atomic E-state index is 9.57. The maximum Gasteiger partial charge on any atom is 0.257 e. The van der Waals surface area contributed by atoms with Gasteiger partial charge in [0.05, 0.1) is 19.2 Å². The first kappa shape index (κ1) is 19.0. The van der Waals surface area contributed by atoms with Crippen LogP contribution >= 0.6 is 0 Å². The number of nitrogens with zero attached hydrogens (tertiary/aromatic N) is 5. The topological polar surface area (TPSA) is 75.8 Å². The summed E-state index contributed by atoms with van der Waals surface area (Å²) in [5.41, 5.74) is 4.92. The van der Waals surface area contributed by atoms with Crippen LogP contribution in [0.4, 0.5) is 11.5 Å². The molecular weight excluding hydrogens is 390 g/mol. The Kier molecular flexibility index (Phi) is 4.72. The number of hydrogen-bond donors (Lipinski definition) is 1. The lowest BCUT2D eigenvalue weighted by molar-refractivity contribution is 0.282. The zero-order valence-corrected chi connectivity index (χ0v) is 17.2. The van der Waals surface area contributed by atoms with Crippen molar-refractivity contribution in [3.8, 4) is 16.9 Å². The molecule has 0 fully saturated rings. The van der Waals surface area contributed by atoms with E-state index in [2.05, 4.69) is 28.4 Å². The normalized spacial score (nSPS) is 11.2. The third-order valence-electron chi connectivity index (χ3n) is 5.46. The molecule has 0 unspecified atom stereocenters.